The summed E-state index contributed by atoms with van der Waals surface area (Å²) in [4.78, 5) is 16.0. The van der Waals surface area contributed by atoms with E-state index in [-0.39, 0.29) is 11.6 Å². The van der Waals surface area contributed by atoms with Crippen molar-refractivity contribution < 1.29 is 0 Å². The predicted molar refractivity (Wildman–Crippen MR) is 68.4 cm³/mol. The fraction of sp³-hybridized carbons (Fsp3) is 0.667. The van der Waals surface area contributed by atoms with Gasteiger partial charge in [0, 0.05) is 37.6 Å². The standard InChI is InChI=1S/C12H20N4O/c1-9(2)16-8-7-15-11(12(16)17)14-6-5-13-10-3-4-10/h7-10,13H,3-6H2,1-2H3,(H,14,15). The van der Waals surface area contributed by atoms with Gasteiger partial charge in [0.2, 0.25) is 0 Å². The van der Waals surface area contributed by atoms with Crippen LogP contribution in [0.25, 0.3) is 0 Å². The molecule has 0 unspecified atom stereocenters. The Labute approximate surface area is 101 Å². The van der Waals surface area contributed by atoms with Gasteiger partial charge in [0.15, 0.2) is 5.82 Å². The molecule has 0 aliphatic heterocycles. The van der Waals surface area contributed by atoms with Crippen molar-refractivity contribution >= 4 is 5.82 Å². The number of anilines is 1. The lowest BCUT2D eigenvalue weighted by Gasteiger charge is -2.11. The summed E-state index contributed by atoms with van der Waals surface area (Å²) in [5.41, 5.74) is -0.0473. The highest BCUT2D eigenvalue weighted by atomic mass is 16.1. The minimum atomic E-state index is -0.0473. The zero-order valence-corrected chi connectivity index (χ0v) is 10.4. The first-order valence-electron chi connectivity index (χ1n) is 6.23. The fourth-order valence-electron chi connectivity index (χ4n) is 1.70. The number of rotatable bonds is 6. The Morgan fingerprint density at radius 2 is 2.24 bits per heavy atom. The second-order valence-corrected chi connectivity index (χ2v) is 4.74. The average molecular weight is 236 g/mol. The largest absolute Gasteiger partial charge is 0.364 e. The molecule has 1 fully saturated rings. The molecule has 0 aromatic carbocycles. The molecule has 0 spiro atoms. The van der Waals surface area contributed by atoms with Crippen LogP contribution in [0.4, 0.5) is 5.82 Å². The highest BCUT2D eigenvalue weighted by Gasteiger charge is 2.19. The zero-order valence-electron chi connectivity index (χ0n) is 10.4. The monoisotopic (exact) mass is 236 g/mol. The number of nitrogens with one attached hydrogen (secondary N) is 2. The minimum absolute atomic E-state index is 0.0473. The van der Waals surface area contributed by atoms with Crippen LogP contribution < -0.4 is 16.2 Å². The van der Waals surface area contributed by atoms with Gasteiger partial charge in [-0.1, -0.05) is 0 Å². The summed E-state index contributed by atoms with van der Waals surface area (Å²) in [6.07, 6.45) is 5.95. The number of aromatic nitrogens is 2. The van der Waals surface area contributed by atoms with Crippen molar-refractivity contribution in [2.45, 2.75) is 38.8 Å². The third-order valence-corrected chi connectivity index (χ3v) is 2.85. The van der Waals surface area contributed by atoms with Gasteiger partial charge in [-0.3, -0.25) is 4.79 Å². The van der Waals surface area contributed by atoms with E-state index in [1.165, 1.54) is 12.8 Å². The van der Waals surface area contributed by atoms with E-state index >= 15 is 0 Å². The fourth-order valence-corrected chi connectivity index (χ4v) is 1.70. The molecule has 1 aliphatic rings. The van der Waals surface area contributed by atoms with Crippen LogP contribution in [0.5, 0.6) is 0 Å². The molecular weight excluding hydrogens is 216 g/mol. The van der Waals surface area contributed by atoms with E-state index < -0.39 is 0 Å². The van der Waals surface area contributed by atoms with Crippen molar-refractivity contribution in [3.8, 4) is 0 Å². The predicted octanol–water partition coefficient (Wildman–Crippen LogP) is 0.988. The number of hydrogen-bond acceptors (Lipinski definition) is 4. The molecule has 94 valence electrons. The molecule has 0 bridgehead atoms. The van der Waals surface area contributed by atoms with Crippen LogP contribution in [0, 0.1) is 0 Å². The van der Waals surface area contributed by atoms with Crippen LogP contribution in [0.1, 0.15) is 32.7 Å². The molecule has 2 N–H and O–H groups in total. The lowest BCUT2D eigenvalue weighted by atomic mass is 10.4. The van der Waals surface area contributed by atoms with Gasteiger partial charge in [-0.2, -0.15) is 0 Å². The van der Waals surface area contributed by atoms with Crippen LogP contribution in [-0.2, 0) is 0 Å². The molecule has 5 heteroatoms. The van der Waals surface area contributed by atoms with Crippen LogP contribution in [0.3, 0.4) is 0 Å². The molecule has 0 radical (unpaired) electrons. The maximum Gasteiger partial charge on any atom is 0.293 e. The first-order chi connectivity index (χ1) is 8.18. The zero-order chi connectivity index (χ0) is 12.3. The third kappa shape index (κ3) is 3.30. The van der Waals surface area contributed by atoms with Crippen molar-refractivity contribution in [3.05, 3.63) is 22.7 Å². The molecule has 0 atom stereocenters. The van der Waals surface area contributed by atoms with Crippen molar-refractivity contribution in [1.82, 2.24) is 14.9 Å². The minimum Gasteiger partial charge on any atom is -0.364 e. The summed E-state index contributed by atoms with van der Waals surface area (Å²) in [6.45, 7) is 5.59. The Kier molecular flexibility index (Phi) is 3.78. The van der Waals surface area contributed by atoms with Gasteiger partial charge in [-0.25, -0.2) is 4.98 Å². The second-order valence-electron chi connectivity index (χ2n) is 4.74. The Morgan fingerprint density at radius 1 is 1.47 bits per heavy atom. The van der Waals surface area contributed by atoms with Gasteiger partial charge in [0.1, 0.15) is 0 Å². The normalized spacial score (nSPS) is 15.2. The highest BCUT2D eigenvalue weighted by Crippen LogP contribution is 2.17. The Hall–Kier alpha value is -1.36. The molecule has 1 aromatic heterocycles. The molecule has 1 heterocycles. The summed E-state index contributed by atoms with van der Waals surface area (Å²) in [7, 11) is 0. The van der Waals surface area contributed by atoms with E-state index in [0.717, 1.165) is 13.1 Å². The van der Waals surface area contributed by atoms with Gasteiger partial charge in [0.25, 0.3) is 5.56 Å². The third-order valence-electron chi connectivity index (χ3n) is 2.85. The Morgan fingerprint density at radius 3 is 2.88 bits per heavy atom. The lowest BCUT2D eigenvalue weighted by Crippen LogP contribution is -2.29. The van der Waals surface area contributed by atoms with Gasteiger partial charge in [-0.15, -0.1) is 0 Å². The molecular formula is C12H20N4O. The molecule has 1 saturated carbocycles. The van der Waals surface area contributed by atoms with Gasteiger partial charge in [0.05, 0.1) is 0 Å². The van der Waals surface area contributed by atoms with Gasteiger partial charge < -0.3 is 15.2 Å². The molecule has 1 aromatic rings. The Bertz CT molecular complexity index is 423. The van der Waals surface area contributed by atoms with E-state index in [1.807, 2.05) is 13.8 Å². The van der Waals surface area contributed by atoms with Crippen molar-refractivity contribution in [1.29, 1.82) is 0 Å². The number of hydrogen-bond donors (Lipinski definition) is 2. The van der Waals surface area contributed by atoms with Crippen molar-refractivity contribution in [2.24, 2.45) is 0 Å². The lowest BCUT2D eigenvalue weighted by molar-refractivity contribution is 0.575. The summed E-state index contributed by atoms with van der Waals surface area (Å²) < 4.78 is 1.68. The Balaban J connectivity index is 1.90. The first-order valence-corrected chi connectivity index (χ1v) is 6.23. The average Bonchev–Trinajstić information content (AvgIpc) is 3.10. The van der Waals surface area contributed by atoms with Crippen LogP contribution >= 0.6 is 0 Å². The van der Waals surface area contributed by atoms with E-state index in [9.17, 15) is 4.79 Å². The SMILES string of the molecule is CC(C)n1ccnc(NCCNC2CC2)c1=O. The maximum absolute atomic E-state index is 12.0. The highest BCUT2D eigenvalue weighted by molar-refractivity contribution is 5.30. The summed E-state index contributed by atoms with van der Waals surface area (Å²) >= 11 is 0. The van der Waals surface area contributed by atoms with E-state index in [4.69, 9.17) is 0 Å². The number of nitrogens with zero attached hydrogens (tertiary/aromatic N) is 2. The molecule has 0 saturated heterocycles. The first kappa shape index (κ1) is 12.1. The topological polar surface area (TPSA) is 59.0 Å². The second kappa shape index (κ2) is 5.31. The van der Waals surface area contributed by atoms with Gasteiger partial charge in [-0.05, 0) is 26.7 Å². The smallest absolute Gasteiger partial charge is 0.293 e. The van der Waals surface area contributed by atoms with Crippen LogP contribution in [-0.4, -0.2) is 28.7 Å². The van der Waals surface area contributed by atoms with E-state index in [2.05, 4.69) is 15.6 Å². The van der Waals surface area contributed by atoms with Crippen molar-refractivity contribution in [2.75, 3.05) is 18.4 Å². The summed E-state index contributed by atoms with van der Waals surface area (Å²) in [5.74, 6) is 0.443. The quantitative estimate of drug-likeness (QED) is 0.723. The van der Waals surface area contributed by atoms with Crippen LogP contribution in [0.15, 0.2) is 17.2 Å². The van der Waals surface area contributed by atoms with Gasteiger partial charge >= 0.3 is 0 Å². The van der Waals surface area contributed by atoms with Crippen molar-refractivity contribution in [3.63, 3.8) is 0 Å². The molecule has 2 rings (SSSR count). The summed E-state index contributed by atoms with van der Waals surface area (Å²) in [5, 5.41) is 6.47. The molecule has 5 nitrogen and oxygen atoms in total. The molecule has 17 heavy (non-hydrogen) atoms. The molecule has 1 aliphatic carbocycles. The van der Waals surface area contributed by atoms with E-state index in [1.54, 1.807) is 17.0 Å². The summed E-state index contributed by atoms with van der Waals surface area (Å²) in [6, 6.07) is 0.864. The molecule has 0 amide bonds. The van der Waals surface area contributed by atoms with E-state index in [0.29, 0.717) is 11.9 Å². The van der Waals surface area contributed by atoms with Crippen LogP contribution in [0.2, 0.25) is 0 Å². The maximum atomic E-state index is 12.0.